The zero-order chi connectivity index (χ0) is 18.7. The van der Waals surface area contributed by atoms with Gasteiger partial charge in [-0.05, 0) is 77.7 Å². The van der Waals surface area contributed by atoms with Crippen molar-refractivity contribution in [3.05, 3.63) is 21.4 Å². The third kappa shape index (κ3) is 4.29. The van der Waals surface area contributed by atoms with Crippen LogP contribution in [-0.2, 0) is 17.6 Å². The number of fused-ring (bicyclic) bond motifs is 1. The van der Waals surface area contributed by atoms with Gasteiger partial charge in [-0.1, -0.05) is 0 Å². The average molecular weight is 378 g/mol. The molecule has 6 heteroatoms. The molecule has 1 saturated heterocycles. The van der Waals surface area contributed by atoms with Crippen LogP contribution < -0.4 is 5.32 Å². The Morgan fingerprint density at radius 2 is 1.92 bits per heavy atom. The smallest absolute Gasteiger partial charge is 0.263 e. The fourth-order valence-electron chi connectivity index (χ4n) is 3.99. The summed E-state index contributed by atoms with van der Waals surface area (Å²) in [5, 5.41) is 3.27. The lowest BCUT2D eigenvalue weighted by Gasteiger charge is -2.31. The van der Waals surface area contributed by atoms with Crippen molar-refractivity contribution in [3.63, 3.8) is 0 Å². The van der Waals surface area contributed by atoms with Gasteiger partial charge in [-0.15, -0.1) is 11.3 Å². The predicted octanol–water partition coefficient (Wildman–Crippen LogP) is 2.55. The van der Waals surface area contributed by atoms with Crippen molar-refractivity contribution < 1.29 is 9.59 Å². The highest BCUT2D eigenvalue weighted by Gasteiger charge is 2.29. The van der Waals surface area contributed by atoms with Crippen molar-refractivity contribution >= 4 is 23.2 Å². The third-order valence-electron chi connectivity index (χ3n) is 5.78. The molecule has 1 aliphatic heterocycles. The monoisotopic (exact) mass is 377 g/mol. The average Bonchev–Trinajstić information content (AvgIpc) is 3.07. The molecule has 144 valence electrons. The number of thiophene rings is 1. The van der Waals surface area contributed by atoms with Crippen LogP contribution in [0.4, 0.5) is 0 Å². The third-order valence-corrected chi connectivity index (χ3v) is 7.01. The molecule has 1 aromatic heterocycles. The number of likely N-dealkylation sites (tertiary alicyclic amines) is 1. The first kappa shape index (κ1) is 19.4. The van der Waals surface area contributed by atoms with Crippen molar-refractivity contribution in [3.8, 4) is 0 Å². The molecular weight excluding hydrogens is 346 g/mol. The van der Waals surface area contributed by atoms with E-state index in [0.29, 0.717) is 6.04 Å². The van der Waals surface area contributed by atoms with Crippen LogP contribution in [0.25, 0.3) is 0 Å². The number of nitrogens with zero attached hydrogens (tertiary/aromatic N) is 2. The van der Waals surface area contributed by atoms with Crippen molar-refractivity contribution in [1.82, 2.24) is 15.1 Å². The number of rotatable bonds is 5. The molecule has 0 bridgehead atoms. The van der Waals surface area contributed by atoms with Gasteiger partial charge >= 0.3 is 0 Å². The molecule has 1 atom stereocenters. The summed E-state index contributed by atoms with van der Waals surface area (Å²) in [6, 6.07) is 2.36. The molecule has 26 heavy (non-hydrogen) atoms. The molecule has 0 radical (unpaired) electrons. The van der Waals surface area contributed by atoms with Crippen LogP contribution in [0.15, 0.2) is 6.07 Å². The molecule has 2 aliphatic rings. The summed E-state index contributed by atoms with van der Waals surface area (Å²) in [5.41, 5.74) is 1.21. The van der Waals surface area contributed by atoms with Gasteiger partial charge in [0.15, 0.2) is 0 Å². The molecule has 0 aromatic carbocycles. The van der Waals surface area contributed by atoms with Crippen LogP contribution in [0.3, 0.4) is 0 Å². The maximum absolute atomic E-state index is 12.7. The topological polar surface area (TPSA) is 52.7 Å². The summed E-state index contributed by atoms with van der Waals surface area (Å²) < 4.78 is 0. The van der Waals surface area contributed by atoms with Gasteiger partial charge in [-0.25, -0.2) is 0 Å². The van der Waals surface area contributed by atoms with Crippen LogP contribution in [-0.4, -0.2) is 60.9 Å². The Morgan fingerprint density at radius 3 is 2.58 bits per heavy atom. The van der Waals surface area contributed by atoms with E-state index in [1.807, 2.05) is 24.8 Å². The number of nitrogens with one attached hydrogen (secondary N) is 1. The molecule has 5 nitrogen and oxygen atoms in total. The lowest BCUT2D eigenvalue weighted by Crippen LogP contribution is -2.46. The largest absolute Gasteiger partial charge is 0.353 e. The molecule has 2 heterocycles. The van der Waals surface area contributed by atoms with Crippen LogP contribution in [0, 0.1) is 5.92 Å². The fraction of sp³-hybridized carbons (Fsp3) is 0.700. The zero-order valence-corrected chi connectivity index (χ0v) is 17.0. The van der Waals surface area contributed by atoms with Gasteiger partial charge in [0.1, 0.15) is 0 Å². The molecule has 1 fully saturated rings. The Balaban J connectivity index is 1.60. The highest BCUT2D eigenvalue weighted by molar-refractivity contribution is 7.14. The molecular formula is C20H31N3O2S. The summed E-state index contributed by atoms with van der Waals surface area (Å²) in [5.74, 6) is 0.378. The summed E-state index contributed by atoms with van der Waals surface area (Å²) in [6.45, 7) is 7.61. The minimum absolute atomic E-state index is 0.0492. The summed E-state index contributed by atoms with van der Waals surface area (Å²) >= 11 is 1.62. The normalized spacial score (nSPS) is 21.3. The molecule has 1 aromatic rings. The number of carbonyl (C=O) groups excluding carboxylic acids is 2. The van der Waals surface area contributed by atoms with E-state index in [1.165, 1.54) is 10.4 Å². The van der Waals surface area contributed by atoms with Gasteiger partial charge in [0.25, 0.3) is 5.91 Å². The van der Waals surface area contributed by atoms with Gasteiger partial charge in [-0.2, -0.15) is 0 Å². The minimum Gasteiger partial charge on any atom is -0.353 e. The Morgan fingerprint density at radius 1 is 1.23 bits per heavy atom. The van der Waals surface area contributed by atoms with Gasteiger partial charge in [0.05, 0.1) is 4.88 Å². The number of piperidine rings is 1. The van der Waals surface area contributed by atoms with Gasteiger partial charge < -0.3 is 15.1 Å². The second-order valence-electron chi connectivity index (χ2n) is 7.56. The van der Waals surface area contributed by atoms with Gasteiger partial charge in [0, 0.05) is 29.9 Å². The predicted molar refractivity (Wildman–Crippen MR) is 106 cm³/mol. The molecule has 1 N–H and O–H groups in total. The highest BCUT2D eigenvalue weighted by Crippen LogP contribution is 2.33. The van der Waals surface area contributed by atoms with Gasteiger partial charge in [0.2, 0.25) is 5.91 Å². The van der Waals surface area contributed by atoms with Crippen LogP contribution in [0.2, 0.25) is 0 Å². The first-order chi connectivity index (χ1) is 12.5. The maximum atomic E-state index is 12.7. The zero-order valence-electron chi connectivity index (χ0n) is 16.2. The van der Waals surface area contributed by atoms with E-state index < -0.39 is 0 Å². The molecule has 1 aliphatic carbocycles. The Bertz CT molecular complexity index is 645. The van der Waals surface area contributed by atoms with Crippen molar-refractivity contribution in [2.75, 3.05) is 33.2 Å². The van der Waals surface area contributed by atoms with E-state index in [2.05, 4.69) is 17.3 Å². The first-order valence-corrected chi connectivity index (χ1v) is 10.7. The van der Waals surface area contributed by atoms with E-state index >= 15 is 0 Å². The number of hydrogen-bond donors (Lipinski definition) is 1. The van der Waals surface area contributed by atoms with Crippen molar-refractivity contribution in [2.24, 2.45) is 5.92 Å². The number of amides is 2. The van der Waals surface area contributed by atoms with Crippen molar-refractivity contribution in [2.45, 2.75) is 52.0 Å². The van der Waals surface area contributed by atoms with E-state index in [0.717, 1.165) is 63.2 Å². The van der Waals surface area contributed by atoms with Crippen LogP contribution >= 0.6 is 11.3 Å². The summed E-state index contributed by atoms with van der Waals surface area (Å²) in [6.07, 6.45) is 4.67. The van der Waals surface area contributed by atoms with Crippen molar-refractivity contribution in [1.29, 1.82) is 0 Å². The van der Waals surface area contributed by atoms with Crippen LogP contribution in [0.5, 0.6) is 0 Å². The van der Waals surface area contributed by atoms with E-state index in [1.54, 1.807) is 11.3 Å². The summed E-state index contributed by atoms with van der Waals surface area (Å²) in [7, 11) is 2.13. The quantitative estimate of drug-likeness (QED) is 0.858. The number of hydrogen-bond acceptors (Lipinski definition) is 4. The second-order valence-corrected chi connectivity index (χ2v) is 8.70. The molecule has 3 rings (SSSR count). The standard InChI is InChI=1S/C20H31N3O2S/c1-4-23(5-2)20(25)18-13-15-12-14(6-7-17(15)26-18)19(24)21-16-8-10-22(3)11-9-16/h13-14,16H,4-12H2,1-3H3,(H,21,24). The van der Waals surface area contributed by atoms with E-state index in [-0.39, 0.29) is 17.7 Å². The number of carbonyl (C=O) groups is 2. The van der Waals surface area contributed by atoms with Crippen LogP contribution in [0.1, 0.15) is 53.2 Å². The second kappa shape index (κ2) is 8.53. The SMILES string of the molecule is CCN(CC)C(=O)c1cc2c(s1)CCC(C(=O)NC1CCN(C)CC1)C2. The number of aryl methyl sites for hydroxylation is 1. The summed E-state index contributed by atoms with van der Waals surface area (Å²) in [4.78, 5) is 31.6. The van der Waals surface area contributed by atoms with E-state index in [4.69, 9.17) is 0 Å². The lowest BCUT2D eigenvalue weighted by molar-refractivity contribution is -0.126. The van der Waals surface area contributed by atoms with E-state index in [9.17, 15) is 9.59 Å². The van der Waals surface area contributed by atoms with Gasteiger partial charge in [-0.3, -0.25) is 9.59 Å². The molecule has 2 amide bonds. The molecule has 0 saturated carbocycles. The highest BCUT2D eigenvalue weighted by atomic mass is 32.1. The first-order valence-electron chi connectivity index (χ1n) is 9.91. The molecule has 0 spiro atoms. The Hall–Kier alpha value is -1.40. The molecule has 1 unspecified atom stereocenters. The fourth-order valence-corrected chi connectivity index (χ4v) is 5.17. The Labute approximate surface area is 160 Å². The lowest BCUT2D eigenvalue weighted by atomic mass is 9.87. The Kier molecular flexibility index (Phi) is 6.35. The maximum Gasteiger partial charge on any atom is 0.263 e. The minimum atomic E-state index is 0.0492.